The van der Waals surface area contributed by atoms with Crippen LogP contribution < -0.4 is 10.2 Å². The molecule has 2 aliphatic heterocycles. The lowest BCUT2D eigenvalue weighted by molar-refractivity contribution is 0.00578. The second kappa shape index (κ2) is 5.01. The van der Waals surface area contributed by atoms with Crippen LogP contribution in [0.15, 0.2) is 18.2 Å². The number of benzene rings is 1. The first-order valence-corrected chi connectivity index (χ1v) is 7.45. The lowest BCUT2D eigenvalue weighted by Crippen LogP contribution is -2.41. The Kier molecular flexibility index (Phi) is 3.55. The van der Waals surface area contributed by atoms with Gasteiger partial charge in [0.2, 0.25) is 0 Å². The van der Waals surface area contributed by atoms with Crippen molar-refractivity contribution >= 4 is 12.6 Å². The highest BCUT2D eigenvalue weighted by molar-refractivity contribution is 6.63. The molecule has 0 spiro atoms. The van der Waals surface area contributed by atoms with Crippen molar-refractivity contribution in [3.8, 4) is 5.75 Å². The van der Waals surface area contributed by atoms with Gasteiger partial charge in [-0.25, -0.2) is 0 Å². The molecule has 2 saturated heterocycles. The smallest absolute Gasteiger partial charge is 0.497 e. The topological polar surface area (TPSA) is 36.9 Å². The Morgan fingerprint density at radius 1 is 1.10 bits per heavy atom. The van der Waals surface area contributed by atoms with Crippen molar-refractivity contribution in [3.63, 3.8) is 0 Å². The molecule has 1 aromatic carbocycles. The largest absolute Gasteiger partial charge is 0.498 e. The summed E-state index contributed by atoms with van der Waals surface area (Å²) in [6, 6.07) is 6.23. The van der Waals surface area contributed by atoms with Crippen LogP contribution in [0, 0.1) is 0 Å². The Morgan fingerprint density at radius 3 is 2.19 bits per heavy atom. The van der Waals surface area contributed by atoms with Gasteiger partial charge in [0.05, 0.1) is 31.5 Å². The van der Waals surface area contributed by atoms with E-state index in [-0.39, 0.29) is 11.2 Å². The third-order valence-corrected chi connectivity index (χ3v) is 4.87. The summed E-state index contributed by atoms with van der Waals surface area (Å²) in [6.45, 7) is 9.81. The van der Waals surface area contributed by atoms with E-state index in [0.717, 1.165) is 24.4 Å². The summed E-state index contributed by atoms with van der Waals surface area (Å²) in [4.78, 5) is 0. The second-order valence-electron chi connectivity index (χ2n) is 6.82. The van der Waals surface area contributed by atoms with Crippen LogP contribution in [0.3, 0.4) is 0 Å². The first-order valence-electron chi connectivity index (χ1n) is 7.45. The Balaban J connectivity index is 1.93. The molecule has 0 saturated carbocycles. The zero-order valence-corrected chi connectivity index (χ0v) is 13.4. The van der Waals surface area contributed by atoms with E-state index in [0.29, 0.717) is 5.92 Å². The first kappa shape index (κ1) is 14.9. The Labute approximate surface area is 126 Å². The quantitative estimate of drug-likeness (QED) is 0.799. The maximum Gasteiger partial charge on any atom is 0.498 e. The molecule has 0 radical (unpaired) electrons. The SMILES string of the molecule is COc1ccc(C2COC2)cc1B1OC(C)(C)C(C)(C)O1. The fourth-order valence-electron chi connectivity index (χ4n) is 2.59. The molecule has 0 N–H and O–H groups in total. The molecular formula is C16H23BO4. The lowest BCUT2D eigenvalue weighted by Gasteiger charge is -2.32. The summed E-state index contributed by atoms with van der Waals surface area (Å²) in [6.07, 6.45) is 0. The normalized spacial score (nSPS) is 24.0. The van der Waals surface area contributed by atoms with E-state index in [9.17, 15) is 0 Å². The molecule has 2 heterocycles. The van der Waals surface area contributed by atoms with Crippen LogP contribution in [-0.4, -0.2) is 38.6 Å². The van der Waals surface area contributed by atoms with Gasteiger partial charge in [-0.15, -0.1) is 0 Å². The van der Waals surface area contributed by atoms with Gasteiger partial charge in [0.15, 0.2) is 0 Å². The van der Waals surface area contributed by atoms with Crippen molar-refractivity contribution < 1.29 is 18.8 Å². The highest BCUT2D eigenvalue weighted by Gasteiger charge is 2.52. The first-order chi connectivity index (χ1) is 9.84. The minimum atomic E-state index is -0.397. The summed E-state index contributed by atoms with van der Waals surface area (Å²) in [5, 5.41) is 0. The number of methoxy groups -OCH3 is 1. The number of hydrogen-bond acceptors (Lipinski definition) is 4. The molecule has 0 unspecified atom stereocenters. The molecule has 114 valence electrons. The van der Waals surface area contributed by atoms with Crippen LogP contribution in [-0.2, 0) is 14.0 Å². The minimum Gasteiger partial charge on any atom is -0.497 e. The van der Waals surface area contributed by atoms with Crippen molar-refractivity contribution in [1.29, 1.82) is 0 Å². The fourth-order valence-corrected chi connectivity index (χ4v) is 2.59. The van der Waals surface area contributed by atoms with E-state index >= 15 is 0 Å². The predicted octanol–water partition coefficient (Wildman–Crippen LogP) is 2.11. The van der Waals surface area contributed by atoms with Crippen molar-refractivity contribution in [2.75, 3.05) is 20.3 Å². The average molecular weight is 290 g/mol. The van der Waals surface area contributed by atoms with E-state index in [1.54, 1.807) is 7.11 Å². The molecule has 0 aromatic heterocycles. The van der Waals surface area contributed by atoms with Gasteiger partial charge in [0.25, 0.3) is 0 Å². The van der Waals surface area contributed by atoms with Crippen molar-refractivity contribution in [2.24, 2.45) is 0 Å². The minimum absolute atomic E-state index is 0.349. The van der Waals surface area contributed by atoms with Crippen LogP contribution in [0.1, 0.15) is 39.2 Å². The van der Waals surface area contributed by atoms with Gasteiger partial charge in [-0.05, 0) is 39.3 Å². The number of ether oxygens (including phenoxy) is 2. The maximum atomic E-state index is 6.15. The summed E-state index contributed by atoms with van der Waals surface area (Å²) in [5.74, 6) is 1.27. The second-order valence-corrected chi connectivity index (χ2v) is 6.82. The third-order valence-electron chi connectivity index (χ3n) is 4.87. The standard InChI is InChI=1S/C16H23BO4/c1-15(2)16(3,4)21-17(20-15)13-8-11(12-9-19-10-12)6-7-14(13)18-5/h6-8,12H,9-10H2,1-5H3. The summed E-state index contributed by atoms with van der Waals surface area (Å²) >= 11 is 0. The molecular weight excluding hydrogens is 267 g/mol. The van der Waals surface area contributed by atoms with E-state index in [1.165, 1.54) is 5.56 Å². The van der Waals surface area contributed by atoms with Crippen LogP contribution in [0.4, 0.5) is 0 Å². The predicted molar refractivity (Wildman–Crippen MR) is 82.3 cm³/mol. The molecule has 0 amide bonds. The molecule has 0 aliphatic carbocycles. The summed E-state index contributed by atoms with van der Waals surface area (Å²) in [7, 11) is 1.28. The van der Waals surface area contributed by atoms with Gasteiger partial charge in [0.1, 0.15) is 5.75 Å². The fraction of sp³-hybridized carbons (Fsp3) is 0.625. The molecule has 4 nitrogen and oxygen atoms in total. The van der Waals surface area contributed by atoms with Crippen LogP contribution in [0.2, 0.25) is 0 Å². The highest BCUT2D eigenvalue weighted by atomic mass is 16.7. The molecule has 2 aliphatic rings. The van der Waals surface area contributed by atoms with E-state index in [2.05, 4.69) is 39.8 Å². The van der Waals surface area contributed by atoms with Crippen LogP contribution in [0.25, 0.3) is 0 Å². The Bertz CT molecular complexity index is 521. The van der Waals surface area contributed by atoms with Crippen LogP contribution in [0.5, 0.6) is 5.75 Å². The molecule has 3 rings (SSSR count). The van der Waals surface area contributed by atoms with Crippen molar-refractivity contribution in [1.82, 2.24) is 0 Å². The van der Waals surface area contributed by atoms with Gasteiger partial charge in [-0.1, -0.05) is 12.1 Å². The molecule has 5 heteroatoms. The van der Waals surface area contributed by atoms with E-state index in [4.69, 9.17) is 18.8 Å². The Hall–Kier alpha value is -1.04. The summed E-state index contributed by atoms with van der Waals surface area (Å²) in [5.41, 5.74) is 1.52. The van der Waals surface area contributed by atoms with E-state index < -0.39 is 7.12 Å². The average Bonchev–Trinajstić information content (AvgIpc) is 2.56. The lowest BCUT2D eigenvalue weighted by atomic mass is 9.76. The maximum absolute atomic E-state index is 6.15. The molecule has 1 aromatic rings. The highest BCUT2D eigenvalue weighted by Crippen LogP contribution is 2.37. The van der Waals surface area contributed by atoms with Crippen molar-refractivity contribution in [3.05, 3.63) is 23.8 Å². The van der Waals surface area contributed by atoms with Gasteiger partial charge in [0, 0.05) is 11.4 Å². The molecule has 2 fully saturated rings. The number of rotatable bonds is 3. The zero-order chi connectivity index (χ0) is 15.3. The van der Waals surface area contributed by atoms with E-state index in [1.807, 2.05) is 6.07 Å². The monoisotopic (exact) mass is 290 g/mol. The van der Waals surface area contributed by atoms with Crippen LogP contribution >= 0.6 is 0 Å². The molecule has 0 atom stereocenters. The van der Waals surface area contributed by atoms with Gasteiger partial charge in [-0.2, -0.15) is 0 Å². The van der Waals surface area contributed by atoms with Gasteiger partial charge < -0.3 is 18.8 Å². The van der Waals surface area contributed by atoms with Gasteiger partial charge >= 0.3 is 7.12 Å². The Morgan fingerprint density at radius 2 is 1.71 bits per heavy atom. The summed E-state index contributed by atoms with van der Waals surface area (Å²) < 4.78 is 23.1. The van der Waals surface area contributed by atoms with Crippen molar-refractivity contribution in [2.45, 2.75) is 44.8 Å². The third kappa shape index (κ3) is 2.47. The number of hydrogen-bond donors (Lipinski definition) is 0. The van der Waals surface area contributed by atoms with Gasteiger partial charge in [-0.3, -0.25) is 0 Å². The zero-order valence-electron chi connectivity index (χ0n) is 13.4. The molecule has 0 bridgehead atoms. The molecule has 21 heavy (non-hydrogen) atoms.